The summed E-state index contributed by atoms with van der Waals surface area (Å²) in [7, 11) is 0. The van der Waals surface area contributed by atoms with Crippen LogP contribution in [0.25, 0.3) is 0 Å². The molecule has 1 aromatic heterocycles. The quantitative estimate of drug-likeness (QED) is 0.796. The maximum atomic E-state index is 4.90. The molecular formula is C17H30N2. The molecule has 0 saturated heterocycles. The summed E-state index contributed by atoms with van der Waals surface area (Å²) in [6, 6.07) is 4.50. The van der Waals surface area contributed by atoms with Crippen molar-refractivity contribution >= 4 is 5.69 Å². The molecule has 108 valence electrons. The second-order valence-electron chi connectivity index (χ2n) is 7.27. The standard InChI is InChI=1S/C17H30N2/c1-9-19(10-2)13-11-14(16(3,4)5)18-15(12-13)17(6,7)8/h11-12H,9-10H2,1-8H3. The minimum atomic E-state index is 0.0865. The monoisotopic (exact) mass is 262 g/mol. The van der Waals surface area contributed by atoms with Crippen LogP contribution < -0.4 is 4.90 Å². The fraction of sp³-hybridized carbons (Fsp3) is 0.706. The summed E-state index contributed by atoms with van der Waals surface area (Å²) < 4.78 is 0. The summed E-state index contributed by atoms with van der Waals surface area (Å²) in [6.07, 6.45) is 0. The van der Waals surface area contributed by atoms with Crippen molar-refractivity contribution in [3.63, 3.8) is 0 Å². The van der Waals surface area contributed by atoms with E-state index in [1.807, 2.05) is 0 Å². The Morgan fingerprint density at radius 3 is 1.47 bits per heavy atom. The Bertz CT molecular complexity index is 386. The third-order valence-electron chi connectivity index (χ3n) is 3.48. The van der Waals surface area contributed by atoms with E-state index in [2.05, 4.69) is 72.4 Å². The van der Waals surface area contributed by atoms with E-state index in [-0.39, 0.29) is 10.8 Å². The Balaban J connectivity index is 3.41. The van der Waals surface area contributed by atoms with Crippen LogP contribution in [-0.4, -0.2) is 18.1 Å². The van der Waals surface area contributed by atoms with Crippen molar-refractivity contribution in [2.24, 2.45) is 0 Å². The van der Waals surface area contributed by atoms with E-state index >= 15 is 0 Å². The SMILES string of the molecule is CCN(CC)c1cc(C(C)(C)C)nc(C(C)(C)C)c1. The molecule has 0 fully saturated rings. The lowest BCUT2D eigenvalue weighted by Gasteiger charge is -2.28. The van der Waals surface area contributed by atoms with E-state index in [1.54, 1.807) is 0 Å². The molecule has 2 nitrogen and oxygen atoms in total. The minimum absolute atomic E-state index is 0.0865. The van der Waals surface area contributed by atoms with Gasteiger partial charge in [0.15, 0.2) is 0 Å². The van der Waals surface area contributed by atoms with Gasteiger partial charge in [0.25, 0.3) is 0 Å². The van der Waals surface area contributed by atoms with E-state index < -0.39 is 0 Å². The second-order valence-corrected chi connectivity index (χ2v) is 7.27. The normalized spacial score (nSPS) is 12.6. The Morgan fingerprint density at radius 1 is 0.842 bits per heavy atom. The zero-order valence-corrected chi connectivity index (χ0v) is 14.0. The molecule has 2 heteroatoms. The highest BCUT2D eigenvalue weighted by Crippen LogP contribution is 2.30. The van der Waals surface area contributed by atoms with Crippen LogP contribution >= 0.6 is 0 Å². The molecule has 0 aliphatic carbocycles. The number of pyridine rings is 1. The van der Waals surface area contributed by atoms with Gasteiger partial charge in [-0.3, -0.25) is 4.98 Å². The lowest BCUT2D eigenvalue weighted by molar-refractivity contribution is 0.530. The highest BCUT2D eigenvalue weighted by atomic mass is 15.1. The van der Waals surface area contributed by atoms with E-state index in [0.29, 0.717) is 0 Å². The third kappa shape index (κ3) is 3.95. The van der Waals surface area contributed by atoms with Crippen LogP contribution in [0.4, 0.5) is 5.69 Å². The highest BCUT2D eigenvalue weighted by Gasteiger charge is 2.23. The molecule has 0 bridgehead atoms. The van der Waals surface area contributed by atoms with Gasteiger partial charge in [0.05, 0.1) is 0 Å². The number of rotatable bonds is 3. The predicted octanol–water partition coefficient (Wildman–Crippen LogP) is 4.52. The average Bonchev–Trinajstić information content (AvgIpc) is 2.28. The zero-order chi connectivity index (χ0) is 14.8. The lowest BCUT2D eigenvalue weighted by atomic mass is 9.87. The largest absolute Gasteiger partial charge is 0.372 e. The van der Waals surface area contributed by atoms with Gasteiger partial charge >= 0.3 is 0 Å². The summed E-state index contributed by atoms with van der Waals surface area (Å²) >= 11 is 0. The molecule has 0 N–H and O–H groups in total. The number of nitrogens with zero attached hydrogens (tertiary/aromatic N) is 2. The van der Waals surface area contributed by atoms with Gasteiger partial charge in [-0.05, 0) is 26.0 Å². The van der Waals surface area contributed by atoms with Crippen LogP contribution in [-0.2, 0) is 10.8 Å². The van der Waals surface area contributed by atoms with Crippen LogP contribution in [0.15, 0.2) is 12.1 Å². The molecule has 0 spiro atoms. The number of aromatic nitrogens is 1. The van der Waals surface area contributed by atoms with E-state index in [4.69, 9.17) is 4.98 Å². The van der Waals surface area contributed by atoms with Crippen LogP contribution in [0.1, 0.15) is 66.8 Å². The van der Waals surface area contributed by atoms with E-state index in [9.17, 15) is 0 Å². The van der Waals surface area contributed by atoms with Gasteiger partial charge in [-0.25, -0.2) is 0 Å². The highest BCUT2D eigenvalue weighted by molar-refractivity contribution is 5.50. The van der Waals surface area contributed by atoms with Gasteiger partial charge in [-0.15, -0.1) is 0 Å². The number of hydrogen-bond acceptors (Lipinski definition) is 2. The Hall–Kier alpha value is -1.05. The van der Waals surface area contributed by atoms with Crippen molar-refractivity contribution in [2.45, 2.75) is 66.2 Å². The number of hydrogen-bond donors (Lipinski definition) is 0. The molecular weight excluding hydrogens is 232 g/mol. The zero-order valence-electron chi connectivity index (χ0n) is 14.0. The molecule has 0 saturated carbocycles. The van der Waals surface area contributed by atoms with Crippen LogP contribution in [0, 0.1) is 0 Å². The molecule has 1 heterocycles. The van der Waals surface area contributed by atoms with Gasteiger partial charge in [0.1, 0.15) is 0 Å². The Kier molecular flexibility index (Phi) is 4.65. The Morgan fingerprint density at radius 2 is 1.21 bits per heavy atom. The number of anilines is 1. The van der Waals surface area contributed by atoms with E-state index in [1.165, 1.54) is 17.1 Å². The van der Waals surface area contributed by atoms with Crippen LogP contribution in [0.2, 0.25) is 0 Å². The molecule has 0 aliphatic heterocycles. The summed E-state index contributed by atoms with van der Waals surface area (Å²) in [5, 5.41) is 0. The smallest absolute Gasteiger partial charge is 0.0481 e. The first-order valence-electron chi connectivity index (χ1n) is 7.37. The molecule has 0 aliphatic rings. The van der Waals surface area contributed by atoms with Gasteiger partial charge < -0.3 is 4.90 Å². The van der Waals surface area contributed by atoms with Crippen LogP contribution in [0.5, 0.6) is 0 Å². The lowest BCUT2D eigenvalue weighted by Crippen LogP contribution is -2.26. The average molecular weight is 262 g/mol. The maximum absolute atomic E-state index is 4.90. The van der Waals surface area contributed by atoms with Gasteiger partial charge in [0.2, 0.25) is 0 Å². The molecule has 1 rings (SSSR count). The molecule has 0 radical (unpaired) electrons. The van der Waals surface area contributed by atoms with Crippen molar-refractivity contribution in [3.8, 4) is 0 Å². The van der Waals surface area contributed by atoms with Crippen LogP contribution in [0.3, 0.4) is 0 Å². The summed E-state index contributed by atoms with van der Waals surface area (Å²) in [4.78, 5) is 7.30. The first-order chi connectivity index (χ1) is 8.59. The fourth-order valence-corrected chi connectivity index (χ4v) is 2.06. The molecule has 0 unspecified atom stereocenters. The Labute approximate surface area is 119 Å². The van der Waals surface area contributed by atoms with Gasteiger partial charge in [0, 0.05) is 41.0 Å². The minimum Gasteiger partial charge on any atom is -0.372 e. The van der Waals surface area contributed by atoms with Crippen molar-refractivity contribution < 1.29 is 0 Å². The van der Waals surface area contributed by atoms with Gasteiger partial charge in [-0.1, -0.05) is 41.5 Å². The second kappa shape index (κ2) is 5.52. The topological polar surface area (TPSA) is 16.1 Å². The molecule has 0 atom stereocenters. The van der Waals surface area contributed by atoms with Gasteiger partial charge in [-0.2, -0.15) is 0 Å². The van der Waals surface area contributed by atoms with Crippen molar-refractivity contribution in [2.75, 3.05) is 18.0 Å². The van der Waals surface area contributed by atoms with Crippen molar-refractivity contribution in [1.29, 1.82) is 0 Å². The van der Waals surface area contributed by atoms with Crippen molar-refractivity contribution in [3.05, 3.63) is 23.5 Å². The predicted molar refractivity (Wildman–Crippen MR) is 85.2 cm³/mol. The summed E-state index contributed by atoms with van der Waals surface area (Å²) in [6.45, 7) is 19.9. The van der Waals surface area contributed by atoms with E-state index in [0.717, 1.165) is 13.1 Å². The molecule has 19 heavy (non-hydrogen) atoms. The first kappa shape index (κ1) is 16.0. The summed E-state index contributed by atoms with van der Waals surface area (Å²) in [5.74, 6) is 0. The molecule has 1 aromatic rings. The third-order valence-corrected chi connectivity index (χ3v) is 3.48. The van der Waals surface area contributed by atoms with Crippen molar-refractivity contribution in [1.82, 2.24) is 4.98 Å². The maximum Gasteiger partial charge on any atom is 0.0481 e. The molecule has 0 amide bonds. The summed E-state index contributed by atoms with van der Waals surface area (Å²) in [5.41, 5.74) is 3.84. The molecule has 0 aromatic carbocycles. The fourth-order valence-electron chi connectivity index (χ4n) is 2.06. The first-order valence-corrected chi connectivity index (χ1v) is 7.37.